The SMILES string of the molecule is O=S(=O)(Nc1cccnc1)c1cnc(Cl)c(Cl)c1. The fourth-order valence-electron chi connectivity index (χ4n) is 1.19. The van der Waals surface area contributed by atoms with Gasteiger partial charge in [0.25, 0.3) is 10.0 Å². The second kappa shape index (κ2) is 5.09. The normalized spacial score (nSPS) is 11.2. The van der Waals surface area contributed by atoms with Crippen LogP contribution in [0, 0.1) is 0 Å². The first-order valence-corrected chi connectivity index (χ1v) is 6.97. The van der Waals surface area contributed by atoms with Gasteiger partial charge in [0.05, 0.1) is 16.9 Å². The molecule has 0 saturated carbocycles. The number of pyridine rings is 2. The number of rotatable bonds is 3. The van der Waals surface area contributed by atoms with E-state index in [-0.39, 0.29) is 15.1 Å². The molecule has 0 spiro atoms. The minimum absolute atomic E-state index is 0.0528. The van der Waals surface area contributed by atoms with Gasteiger partial charge in [-0.25, -0.2) is 13.4 Å². The Hall–Kier alpha value is -1.37. The largest absolute Gasteiger partial charge is 0.278 e. The van der Waals surface area contributed by atoms with Gasteiger partial charge < -0.3 is 0 Å². The molecule has 18 heavy (non-hydrogen) atoms. The summed E-state index contributed by atoms with van der Waals surface area (Å²) in [6.45, 7) is 0. The molecule has 0 aliphatic carbocycles. The van der Waals surface area contributed by atoms with E-state index >= 15 is 0 Å². The molecule has 0 atom stereocenters. The minimum Gasteiger partial charge on any atom is -0.278 e. The number of sulfonamides is 1. The van der Waals surface area contributed by atoms with Crippen LogP contribution < -0.4 is 4.72 Å². The van der Waals surface area contributed by atoms with Crippen LogP contribution >= 0.6 is 23.2 Å². The van der Waals surface area contributed by atoms with E-state index in [0.717, 1.165) is 6.20 Å². The molecule has 0 aliphatic rings. The number of anilines is 1. The average Bonchev–Trinajstić information content (AvgIpc) is 2.33. The summed E-state index contributed by atoms with van der Waals surface area (Å²) in [5.41, 5.74) is 0.351. The third kappa shape index (κ3) is 2.90. The van der Waals surface area contributed by atoms with Crippen molar-refractivity contribution in [3.63, 3.8) is 0 Å². The van der Waals surface area contributed by atoms with Gasteiger partial charge in [0, 0.05) is 12.4 Å². The number of halogens is 2. The van der Waals surface area contributed by atoms with Gasteiger partial charge in [-0.15, -0.1) is 0 Å². The Kier molecular flexibility index (Phi) is 3.70. The standard InChI is InChI=1S/C10H7Cl2N3O2S/c11-9-4-8(6-14-10(9)12)18(16,17)15-7-2-1-3-13-5-7/h1-6,15H. The van der Waals surface area contributed by atoms with E-state index in [1.807, 2.05) is 0 Å². The van der Waals surface area contributed by atoms with Crippen molar-refractivity contribution < 1.29 is 8.42 Å². The van der Waals surface area contributed by atoms with Gasteiger partial charge >= 0.3 is 0 Å². The molecule has 0 unspecified atom stereocenters. The van der Waals surface area contributed by atoms with Crippen LogP contribution in [0.2, 0.25) is 10.2 Å². The Bertz CT molecular complexity index is 662. The second-order valence-electron chi connectivity index (χ2n) is 3.29. The third-order valence-corrected chi connectivity index (χ3v) is 4.03. The Balaban J connectivity index is 2.34. The van der Waals surface area contributed by atoms with E-state index in [4.69, 9.17) is 23.2 Å². The molecule has 0 fully saturated rings. The summed E-state index contributed by atoms with van der Waals surface area (Å²) >= 11 is 11.3. The summed E-state index contributed by atoms with van der Waals surface area (Å²) in [6, 6.07) is 4.43. The van der Waals surface area contributed by atoms with Crippen molar-refractivity contribution in [2.45, 2.75) is 4.90 Å². The topological polar surface area (TPSA) is 72.0 Å². The van der Waals surface area contributed by atoms with Crippen LogP contribution in [0.25, 0.3) is 0 Å². The van der Waals surface area contributed by atoms with Crippen LogP contribution in [0.15, 0.2) is 41.7 Å². The quantitative estimate of drug-likeness (QED) is 0.885. The lowest BCUT2D eigenvalue weighted by Gasteiger charge is -2.07. The van der Waals surface area contributed by atoms with Crippen molar-refractivity contribution in [3.8, 4) is 0 Å². The monoisotopic (exact) mass is 303 g/mol. The Morgan fingerprint density at radius 1 is 1.22 bits per heavy atom. The van der Waals surface area contributed by atoms with Gasteiger partial charge in [-0.2, -0.15) is 0 Å². The van der Waals surface area contributed by atoms with E-state index in [0.29, 0.717) is 5.69 Å². The molecule has 2 heterocycles. The predicted molar refractivity (Wildman–Crippen MR) is 69.3 cm³/mol. The third-order valence-electron chi connectivity index (χ3n) is 2.00. The van der Waals surface area contributed by atoms with E-state index < -0.39 is 10.0 Å². The molecular formula is C10H7Cl2N3O2S. The summed E-state index contributed by atoms with van der Waals surface area (Å²) in [7, 11) is -3.75. The van der Waals surface area contributed by atoms with Gasteiger partial charge in [0.2, 0.25) is 0 Å². The second-order valence-corrected chi connectivity index (χ2v) is 5.74. The smallest absolute Gasteiger partial charge is 0.263 e. The molecule has 1 N–H and O–H groups in total. The summed E-state index contributed by atoms with van der Waals surface area (Å²) in [6.07, 6.45) is 4.06. The van der Waals surface area contributed by atoms with Gasteiger partial charge in [0.1, 0.15) is 10.0 Å². The maximum absolute atomic E-state index is 12.0. The number of nitrogens with one attached hydrogen (secondary N) is 1. The van der Waals surface area contributed by atoms with Crippen LogP contribution in [-0.2, 0) is 10.0 Å². The Morgan fingerprint density at radius 3 is 2.61 bits per heavy atom. The zero-order chi connectivity index (χ0) is 13.2. The minimum atomic E-state index is -3.75. The fourth-order valence-corrected chi connectivity index (χ4v) is 2.54. The van der Waals surface area contributed by atoms with Crippen molar-refractivity contribution in [3.05, 3.63) is 47.0 Å². The van der Waals surface area contributed by atoms with Gasteiger partial charge in [-0.1, -0.05) is 23.2 Å². The molecule has 8 heteroatoms. The average molecular weight is 304 g/mol. The van der Waals surface area contributed by atoms with Crippen molar-refractivity contribution in [2.24, 2.45) is 0 Å². The summed E-state index contributed by atoms with van der Waals surface area (Å²) in [5, 5.41) is 0.128. The zero-order valence-corrected chi connectivity index (χ0v) is 11.2. The lowest BCUT2D eigenvalue weighted by molar-refractivity contribution is 0.601. The molecule has 0 radical (unpaired) electrons. The number of hydrogen-bond acceptors (Lipinski definition) is 4. The van der Waals surface area contributed by atoms with E-state index in [9.17, 15) is 8.42 Å². The van der Waals surface area contributed by atoms with Crippen molar-refractivity contribution >= 4 is 38.9 Å². The molecule has 0 aromatic carbocycles. The molecule has 2 aromatic heterocycles. The lowest BCUT2D eigenvalue weighted by Crippen LogP contribution is -2.13. The first kappa shape index (κ1) is 13.1. The van der Waals surface area contributed by atoms with E-state index in [1.165, 1.54) is 12.3 Å². The van der Waals surface area contributed by atoms with Crippen molar-refractivity contribution in [1.29, 1.82) is 0 Å². The Labute approximate surface area is 114 Å². The molecular weight excluding hydrogens is 297 g/mol. The molecule has 2 aromatic rings. The lowest BCUT2D eigenvalue weighted by atomic mass is 10.4. The first-order valence-electron chi connectivity index (χ1n) is 4.73. The van der Waals surface area contributed by atoms with Crippen LogP contribution in [0.3, 0.4) is 0 Å². The van der Waals surface area contributed by atoms with E-state index in [2.05, 4.69) is 14.7 Å². The molecule has 0 bridgehead atoms. The zero-order valence-electron chi connectivity index (χ0n) is 8.84. The fraction of sp³-hybridized carbons (Fsp3) is 0. The Morgan fingerprint density at radius 2 is 2.00 bits per heavy atom. The van der Waals surface area contributed by atoms with Crippen molar-refractivity contribution in [1.82, 2.24) is 9.97 Å². The summed E-state index contributed by atoms with van der Waals surface area (Å²) in [5.74, 6) is 0. The molecule has 0 saturated heterocycles. The highest BCUT2D eigenvalue weighted by atomic mass is 35.5. The molecule has 0 amide bonds. The molecule has 2 rings (SSSR count). The van der Waals surface area contributed by atoms with Gasteiger partial charge in [-0.05, 0) is 18.2 Å². The number of aromatic nitrogens is 2. The predicted octanol–water partition coefficient (Wildman–Crippen LogP) is 2.58. The van der Waals surface area contributed by atoms with Gasteiger partial charge in [-0.3, -0.25) is 9.71 Å². The van der Waals surface area contributed by atoms with Crippen LogP contribution in [0.1, 0.15) is 0 Å². The molecule has 0 aliphatic heterocycles. The van der Waals surface area contributed by atoms with E-state index in [1.54, 1.807) is 18.3 Å². The highest BCUT2D eigenvalue weighted by Crippen LogP contribution is 2.23. The molecule has 94 valence electrons. The number of hydrogen-bond donors (Lipinski definition) is 1. The summed E-state index contributed by atoms with van der Waals surface area (Å²) in [4.78, 5) is 7.42. The molecule has 5 nitrogen and oxygen atoms in total. The highest BCUT2D eigenvalue weighted by Gasteiger charge is 2.16. The highest BCUT2D eigenvalue weighted by molar-refractivity contribution is 7.92. The summed E-state index contributed by atoms with van der Waals surface area (Å²) < 4.78 is 26.3. The van der Waals surface area contributed by atoms with Crippen LogP contribution in [-0.4, -0.2) is 18.4 Å². The van der Waals surface area contributed by atoms with Crippen LogP contribution in [0.4, 0.5) is 5.69 Å². The first-order chi connectivity index (χ1) is 8.49. The maximum atomic E-state index is 12.0. The van der Waals surface area contributed by atoms with Crippen LogP contribution in [0.5, 0.6) is 0 Å². The maximum Gasteiger partial charge on any atom is 0.263 e. The number of nitrogens with zero attached hydrogens (tertiary/aromatic N) is 2. The van der Waals surface area contributed by atoms with Crippen molar-refractivity contribution in [2.75, 3.05) is 4.72 Å². The van der Waals surface area contributed by atoms with Gasteiger partial charge in [0.15, 0.2) is 0 Å².